The summed E-state index contributed by atoms with van der Waals surface area (Å²) in [5.41, 5.74) is 0.838. The van der Waals surface area contributed by atoms with Crippen LogP contribution in [0, 0.1) is 11.7 Å². The molecule has 3 heterocycles. The van der Waals surface area contributed by atoms with Crippen molar-refractivity contribution in [3.05, 3.63) is 69.9 Å². The highest BCUT2D eigenvalue weighted by molar-refractivity contribution is 7.12. The predicted molar refractivity (Wildman–Crippen MR) is 174 cm³/mol. The molecule has 2 atom stereocenters. The molecule has 2 aromatic heterocycles. The molecule has 5 rings (SSSR count). The number of benzene rings is 1. The molecule has 0 unspecified atom stereocenters. The van der Waals surface area contributed by atoms with E-state index in [0.29, 0.717) is 35.8 Å². The molecule has 1 aromatic carbocycles. The van der Waals surface area contributed by atoms with Gasteiger partial charge >= 0.3 is 0 Å². The molecule has 4 amide bonds. The second-order valence-electron chi connectivity index (χ2n) is 12.0. The number of rotatable bonds is 11. The zero-order chi connectivity index (χ0) is 32.6. The van der Waals surface area contributed by atoms with Gasteiger partial charge in [0.25, 0.3) is 11.8 Å². The fraction of sp³-hybridized carbons (Fsp3) is 0.485. The van der Waals surface area contributed by atoms with Gasteiger partial charge in [-0.25, -0.2) is 4.39 Å². The molecule has 3 N–H and O–H groups in total. The highest BCUT2D eigenvalue weighted by atomic mass is 32.1. The van der Waals surface area contributed by atoms with Crippen LogP contribution < -0.4 is 16.0 Å². The maximum Gasteiger partial charge on any atom is 0.270 e. The summed E-state index contributed by atoms with van der Waals surface area (Å²) in [5.74, 6) is -2.21. The van der Waals surface area contributed by atoms with Crippen molar-refractivity contribution in [1.82, 2.24) is 30.2 Å². The molecule has 2 aliphatic rings. The van der Waals surface area contributed by atoms with E-state index < -0.39 is 29.7 Å². The number of halogens is 1. The van der Waals surface area contributed by atoms with E-state index in [1.807, 2.05) is 14.0 Å². The lowest BCUT2D eigenvalue weighted by Crippen LogP contribution is -2.54. The monoisotopic (exact) mass is 651 g/mol. The first-order valence-electron chi connectivity index (χ1n) is 16.0. The molecule has 246 valence electrons. The van der Waals surface area contributed by atoms with Gasteiger partial charge in [0, 0.05) is 45.3 Å². The van der Waals surface area contributed by atoms with Crippen LogP contribution in [0.1, 0.15) is 64.8 Å². The van der Waals surface area contributed by atoms with E-state index >= 15 is 4.39 Å². The topological polar surface area (TPSA) is 129 Å². The Balaban J connectivity index is 1.30. The zero-order valence-electron chi connectivity index (χ0n) is 26.3. The Morgan fingerprint density at radius 2 is 1.76 bits per heavy atom. The Kier molecular flexibility index (Phi) is 11.2. The molecule has 0 radical (unpaired) electrons. The van der Waals surface area contributed by atoms with Gasteiger partial charge in [0.15, 0.2) is 0 Å². The van der Waals surface area contributed by atoms with Crippen LogP contribution >= 0.6 is 11.3 Å². The molecule has 0 bridgehead atoms. The Bertz CT molecular complexity index is 1510. The van der Waals surface area contributed by atoms with Crippen LogP contribution in [-0.2, 0) is 22.6 Å². The van der Waals surface area contributed by atoms with Crippen molar-refractivity contribution in [1.29, 1.82) is 0 Å². The van der Waals surface area contributed by atoms with E-state index in [9.17, 15) is 19.2 Å². The molecule has 13 heteroatoms. The average Bonchev–Trinajstić information content (AvgIpc) is 3.78. The SMILES string of the molecule is CCn1nccc1C(=O)N[C@H](C(=O)Nc1ccc(C[C@@H](NC(=O)c2cccs2)C(=O)N2CCN(C)CC2)cc1F)C1CCCCC1. The molecule has 3 aromatic rings. The Morgan fingerprint density at radius 1 is 1.00 bits per heavy atom. The lowest BCUT2D eigenvalue weighted by atomic mass is 9.83. The highest BCUT2D eigenvalue weighted by Crippen LogP contribution is 2.28. The van der Waals surface area contributed by atoms with Gasteiger partial charge < -0.3 is 25.8 Å². The molecule has 0 spiro atoms. The number of nitrogens with zero attached hydrogens (tertiary/aromatic N) is 4. The van der Waals surface area contributed by atoms with E-state index in [1.165, 1.54) is 23.5 Å². The number of piperazine rings is 1. The van der Waals surface area contributed by atoms with Crippen LogP contribution in [0.15, 0.2) is 48.0 Å². The summed E-state index contributed by atoms with van der Waals surface area (Å²) in [5, 5.41) is 14.4. The number of likely N-dealkylation sites (N-methyl/N-ethyl adjacent to an activating group) is 1. The molecule has 1 aliphatic carbocycles. The smallest absolute Gasteiger partial charge is 0.270 e. The Morgan fingerprint density at radius 3 is 2.43 bits per heavy atom. The van der Waals surface area contributed by atoms with Gasteiger partial charge in [0.05, 0.1) is 10.6 Å². The normalized spacial score (nSPS) is 17.2. The molecular formula is C33H42FN7O4S. The number of amides is 4. The molecule has 2 fully saturated rings. The number of anilines is 1. The van der Waals surface area contributed by atoms with Crippen LogP contribution in [0.5, 0.6) is 0 Å². The number of hydrogen-bond acceptors (Lipinski definition) is 7. The quantitative estimate of drug-likeness (QED) is 0.291. The molecule has 1 saturated carbocycles. The standard InChI is InChI=1S/C33H42FN7O4S/c1-3-41-27(13-14-35-41)30(42)38-29(23-8-5-4-6-9-23)32(44)36-25-12-11-22(20-24(25)34)21-26(37-31(43)28-10-7-19-46-28)33(45)40-17-15-39(2)16-18-40/h7,10-14,19-20,23,26,29H,3-6,8-9,15-18,21H2,1-2H3,(H,36,44)(H,37,43)(H,38,42)/t26-,29+/m1/s1. The lowest BCUT2D eigenvalue weighted by molar-refractivity contribution is -0.134. The van der Waals surface area contributed by atoms with E-state index in [0.717, 1.165) is 45.2 Å². The van der Waals surface area contributed by atoms with Crippen molar-refractivity contribution >= 4 is 40.7 Å². The van der Waals surface area contributed by atoms with Crippen molar-refractivity contribution in [3.8, 4) is 0 Å². The number of thiophene rings is 1. The summed E-state index contributed by atoms with van der Waals surface area (Å²) in [6.07, 6.45) is 6.18. The first-order valence-corrected chi connectivity index (χ1v) is 16.8. The molecule has 46 heavy (non-hydrogen) atoms. The third-order valence-corrected chi connectivity index (χ3v) is 9.70. The van der Waals surface area contributed by atoms with E-state index in [1.54, 1.807) is 45.4 Å². The van der Waals surface area contributed by atoms with Crippen LogP contribution in [0.3, 0.4) is 0 Å². The zero-order valence-corrected chi connectivity index (χ0v) is 27.2. The summed E-state index contributed by atoms with van der Waals surface area (Å²) in [6, 6.07) is 7.73. The van der Waals surface area contributed by atoms with E-state index in [-0.39, 0.29) is 29.8 Å². The summed E-state index contributed by atoms with van der Waals surface area (Å²) in [4.78, 5) is 57.6. The third kappa shape index (κ3) is 8.18. The average molecular weight is 652 g/mol. The number of nitrogens with one attached hydrogen (secondary N) is 3. The molecular weight excluding hydrogens is 609 g/mol. The number of carbonyl (C=O) groups excluding carboxylic acids is 4. The maximum absolute atomic E-state index is 15.5. The van der Waals surface area contributed by atoms with E-state index in [4.69, 9.17) is 0 Å². The lowest BCUT2D eigenvalue weighted by Gasteiger charge is -2.34. The van der Waals surface area contributed by atoms with Crippen molar-refractivity contribution in [2.24, 2.45) is 5.92 Å². The summed E-state index contributed by atoms with van der Waals surface area (Å²) < 4.78 is 17.1. The second kappa shape index (κ2) is 15.5. The predicted octanol–water partition coefficient (Wildman–Crippen LogP) is 3.54. The number of aryl methyl sites for hydroxylation is 1. The van der Waals surface area contributed by atoms with Crippen LogP contribution in [0.4, 0.5) is 10.1 Å². The van der Waals surface area contributed by atoms with Gasteiger partial charge in [-0.2, -0.15) is 5.10 Å². The number of hydrogen-bond donors (Lipinski definition) is 3. The number of carbonyl (C=O) groups is 4. The van der Waals surface area contributed by atoms with E-state index in [2.05, 4.69) is 25.9 Å². The minimum Gasteiger partial charge on any atom is -0.339 e. The van der Waals surface area contributed by atoms with Crippen LogP contribution in [0.25, 0.3) is 0 Å². The van der Waals surface area contributed by atoms with Gasteiger partial charge in [-0.3, -0.25) is 23.9 Å². The third-order valence-electron chi connectivity index (χ3n) is 8.83. The largest absolute Gasteiger partial charge is 0.339 e. The Hall–Kier alpha value is -4.10. The highest BCUT2D eigenvalue weighted by Gasteiger charge is 2.33. The molecule has 11 nitrogen and oxygen atoms in total. The van der Waals surface area contributed by atoms with Gasteiger partial charge in [-0.1, -0.05) is 31.4 Å². The van der Waals surface area contributed by atoms with Gasteiger partial charge in [-0.15, -0.1) is 11.3 Å². The van der Waals surface area contributed by atoms with Crippen LogP contribution in [0.2, 0.25) is 0 Å². The van der Waals surface area contributed by atoms with Crippen molar-refractivity contribution < 1.29 is 23.6 Å². The van der Waals surface area contributed by atoms with Crippen molar-refractivity contribution in [3.63, 3.8) is 0 Å². The fourth-order valence-electron chi connectivity index (χ4n) is 6.18. The number of aromatic nitrogens is 2. The van der Waals surface area contributed by atoms with Crippen LogP contribution in [-0.4, -0.2) is 88.5 Å². The van der Waals surface area contributed by atoms with Gasteiger partial charge in [-0.05, 0) is 67.9 Å². The summed E-state index contributed by atoms with van der Waals surface area (Å²) in [7, 11) is 1.99. The maximum atomic E-state index is 15.5. The molecule has 1 saturated heterocycles. The molecule has 1 aliphatic heterocycles. The van der Waals surface area contributed by atoms with Gasteiger partial charge in [0.1, 0.15) is 23.6 Å². The second-order valence-corrected chi connectivity index (χ2v) is 13.0. The van der Waals surface area contributed by atoms with Crippen molar-refractivity contribution in [2.75, 3.05) is 38.5 Å². The minimum absolute atomic E-state index is 0.0213. The fourth-order valence-corrected chi connectivity index (χ4v) is 6.80. The first kappa shape index (κ1) is 33.3. The summed E-state index contributed by atoms with van der Waals surface area (Å²) >= 11 is 1.28. The van der Waals surface area contributed by atoms with Crippen molar-refractivity contribution in [2.45, 2.75) is 64.1 Å². The summed E-state index contributed by atoms with van der Waals surface area (Å²) in [6.45, 7) is 4.92. The minimum atomic E-state index is -0.889. The van der Waals surface area contributed by atoms with Gasteiger partial charge in [0.2, 0.25) is 11.8 Å². The Labute approximate surface area is 272 Å². The first-order chi connectivity index (χ1) is 22.2.